The van der Waals surface area contributed by atoms with Gasteiger partial charge < -0.3 is 4.74 Å². The van der Waals surface area contributed by atoms with Crippen molar-refractivity contribution in [1.82, 2.24) is 0 Å². The van der Waals surface area contributed by atoms with E-state index in [0.717, 1.165) is 12.0 Å². The zero-order chi connectivity index (χ0) is 16.6. The molecule has 7 heteroatoms. The monoisotopic (exact) mass is 353 g/mol. The third-order valence-corrected chi connectivity index (χ3v) is 5.85. The SMILES string of the molecule is Cc1ccc(S(=O)(=O)C2N=COC2c2ccc(Cl)c(F)c2)cc1. The fourth-order valence-electron chi connectivity index (χ4n) is 2.35. The van der Waals surface area contributed by atoms with Crippen LogP contribution in [0.15, 0.2) is 52.4 Å². The highest BCUT2D eigenvalue weighted by atomic mass is 35.5. The molecule has 0 radical (unpaired) electrons. The van der Waals surface area contributed by atoms with E-state index in [1.54, 1.807) is 12.1 Å². The van der Waals surface area contributed by atoms with Crippen LogP contribution in [0.3, 0.4) is 0 Å². The molecular formula is C16H13ClFNO3S. The minimum Gasteiger partial charge on any atom is -0.472 e. The van der Waals surface area contributed by atoms with E-state index in [0.29, 0.717) is 5.56 Å². The molecule has 1 aliphatic heterocycles. The van der Waals surface area contributed by atoms with Crippen molar-refractivity contribution in [3.63, 3.8) is 0 Å². The quantitative estimate of drug-likeness (QED) is 0.845. The molecule has 0 saturated carbocycles. The lowest BCUT2D eigenvalue weighted by Gasteiger charge is -2.18. The van der Waals surface area contributed by atoms with Crippen molar-refractivity contribution in [2.45, 2.75) is 23.3 Å². The Hall–Kier alpha value is -1.92. The molecule has 2 atom stereocenters. The molecule has 23 heavy (non-hydrogen) atoms. The summed E-state index contributed by atoms with van der Waals surface area (Å²) in [6.07, 6.45) is 0.182. The van der Waals surface area contributed by atoms with Crippen molar-refractivity contribution >= 4 is 27.8 Å². The topological polar surface area (TPSA) is 55.7 Å². The van der Waals surface area contributed by atoms with Gasteiger partial charge in [0, 0.05) is 0 Å². The molecule has 4 nitrogen and oxygen atoms in total. The molecule has 0 aromatic heterocycles. The Morgan fingerprint density at radius 2 is 1.87 bits per heavy atom. The van der Waals surface area contributed by atoms with E-state index in [2.05, 4.69) is 4.99 Å². The summed E-state index contributed by atoms with van der Waals surface area (Å²) < 4.78 is 44.5. The van der Waals surface area contributed by atoms with Crippen LogP contribution in [0.4, 0.5) is 4.39 Å². The Labute approximate surface area is 138 Å². The third-order valence-electron chi connectivity index (χ3n) is 3.61. The Bertz CT molecular complexity index is 865. The van der Waals surface area contributed by atoms with Gasteiger partial charge in [-0.2, -0.15) is 0 Å². The van der Waals surface area contributed by atoms with Gasteiger partial charge in [-0.1, -0.05) is 35.4 Å². The first-order valence-electron chi connectivity index (χ1n) is 6.82. The zero-order valence-corrected chi connectivity index (χ0v) is 13.7. The number of hydrogen-bond acceptors (Lipinski definition) is 4. The smallest absolute Gasteiger partial charge is 0.205 e. The summed E-state index contributed by atoms with van der Waals surface area (Å²) >= 11 is 5.66. The number of benzene rings is 2. The van der Waals surface area contributed by atoms with E-state index in [-0.39, 0.29) is 9.92 Å². The maximum atomic E-state index is 13.6. The fraction of sp³-hybridized carbons (Fsp3) is 0.188. The van der Waals surface area contributed by atoms with E-state index in [1.807, 2.05) is 6.92 Å². The van der Waals surface area contributed by atoms with Crippen LogP contribution in [0.2, 0.25) is 5.02 Å². The third kappa shape index (κ3) is 2.96. The summed E-state index contributed by atoms with van der Waals surface area (Å²) in [5.41, 5.74) is 1.32. The normalized spacial score (nSPS) is 20.5. The Balaban J connectivity index is 1.98. The van der Waals surface area contributed by atoms with Crippen LogP contribution >= 0.6 is 11.6 Å². The maximum absolute atomic E-state index is 13.6. The minimum absolute atomic E-state index is 0.0365. The average molecular weight is 354 g/mol. The van der Waals surface area contributed by atoms with Crippen LogP contribution in [0, 0.1) is 12.7 Å². The molecule has 1 heterocycles. The molecule has 0 bridgehead atoms. The Morgan fingerprint density at radius 3 is 2.52 bits per heavy atom. The summed E-state index contributed by atoms with van der Waals surface area (Å²) in [4.78, 5) is 4.07. The predicted octanol–water partition coefficient (Wildman–Crippen LogP) is 3.69. The highest BCUT2D eigenvalue weighted by Gasteiger charge is 2.39. The number of halogens is 2. The zero-order valence-electron chi connectivity index (χ0n) is 12.1. The van der Waals surface area contributed by atoms with Gasteiger partial charge in [0.25, 0.3) is 0 Å². The van der Waals surface area contributed by atoms with Gasteiger partial charge in [0.15, 0.2) is 17.9 Å². The molecule has 0 N–H and O–H groups in total. The summed E-state index contributed by atoms with van der Waals surface area (Å²) in [6, 6.07) is 10.5. The Morgan fingerprint density at radius 1 is 1.17 bits per heavy atom. The summed E-state index contributed by atoms with van der Waals surface area (Å²) in [5, 5.41) is -1.20. The number of nitrogens with zero attached hydrogens (tertiary/aromatic N) is 1. The largest absolute Gasteiger partial charge is 0.472 e. The predicted molar refractivity (Wildman–Crippen MR) is 85.9 cm³/mol. The van der Waals surface area contributed by atoms with Crippen LogP contribution < -0.4 is 0 Å². The Kier molecular flexibility index (Phi) is 4.12. The molecule has 2 unspecified atom stereocenters. The van der Waals surface area contributed by atoms with Crippen molar-refractivity contribution in [2.75, 3.05) is 0 Å². The van der Waals surface area contributed by atoms with Crippen LogP contribution in [0.1, 0.15) is 17.2 Å². The van der Waals surface area contributed by atoms with Gasteiger partial charge in [-0.15, -0.1) is 0 Å². The molecule has 0 amide bonds. The van der Waals surface area contributed by atoms with Crippen molar-refractivity contribution in [2.24, 2.45) is 4.99 Å². The van der Waals surface area contributed by atoms with Crippen molar-refractivity contribution in [3.8, 4) is 0 Å². The highest BCUT2D eigenvalue weighted by Crippen LogP contribution is 2.34. The van der Waals surface area contributed by atoms with E-state index in [4.69, 9.17) is 16.3 Å². The van der Waals surface area contributed by atoms with E-state index < -0.39 is 27.1 Å². The van der Waals surface area contributed by atoms with Crippen molar-refractivity contribution in [1.29, 1.82) is 0 Å². The van der Waals surface area contributed by atoms with Crippen LogP contribution in [-0.2, 0) is 14.6 Å². The van der Waals surface area contributed by atoms with E-state index in [9.17, 15) is 12.8 Å². The lowest BCUT2D eigenvalue weighted by molar-refractivity contribution is 0.226. The number of sulfone groups is 1. The summed E-state index contributed by atoms with van der Waals surface area (Å²) in [5.74, 6) is -0.633. The standard InChI is InChI=1S/C16H13ClFNO3S/c1-10-2-5-12(6-3-10)23(20,21)16-15(22-9-19-16)11-4-7-13(17)14(18)8-11/h2-9,15-16H,1H3. The van der Waals surface area contributed by atoms with Crippen LogP contribution in [-0.4, -0.2) is 20.2 Å². The van der Waals surface area contributed by atoms with Gasteiger partial charge >= 0.3 is 0 Å². The van der Waals surface area contributed by atoms with Crippen molar-refractivity contribution in [3.05, 3.63) is 64.4 Å². The molecule has 3 rings (SSSR count). The number of aliphatic imine (C=N–C) groups is 1. The molecule has 0 aliphatic carbocycles. The first kappa shape index (κ1) is 16.0. The van der Waals surface area contributed by atoms with E-state index >= 15 is 0 Å². The number of ether oxygens (including phenoxy) is 1. The second kappa shape index (κ2) is 5.94. The molecule has 1 aliphatic rings. The molecule has 0 saturated heterocycles. The molecule has 2 aromatic carbocycles. The van der Waals surface area contributed by atoms with Gasteiger partial charge in [0.2, 0.25) is 9.84 Å². The number of aryl methyl sites for hydroxylation is 1. The van der Waals surface area contributed by atoms with Gasteiger partial charge in [0.05, 0.1) is 9.92 Å². The van der Waals surface area contributed by atoms with Gasteiger partial charge in [-0.3, -0.25) is 0 Å². The van der Waals surface area contributed by atoms with Gasteiger partial charge in [0.1, 0.15) is 5.82 Å². The van der Waals surface area contributed by atoms with Crippen LogP contribution in [0.25, 0.3) is 0 Å². The van der Waals surface area contributed by atoms with Gasteiger partial charge in [-0.05, 0) is 36.8 Å². The fourth-order valence-corrected chi connectivity index (χ4v) is 4.02. The van der Waals surface area contributed by atoms with Gasteiger partial charge in [-0.25, -0.2) is 17.8 Å². The molecule has 0 fully saturated rings. The second-order valence-electron chi connectivity index (χ2n) is 5.23. The average Bonchev–Trinajstić information content (AvgIpc) is 3.01. The number of rotatable bonds is 3. The minimum atomic E-state index is -3.75. The molecule has 0 spiro atoms. The lowest BCUT2D eigenvalue weighted by Crippen LogP contribution is -2.24. The lowest BCUT2D eigenvalue weighted by atomic mass is 10.1. The number of hydrogen-bond donors (Lipinski definition) is 0. The molecular weight excluding hydrogens is 341 g/mol. The second-order valence-corrected chi connectivity index (χ2v) is 7.68. The molecule has 120 valence electrons. The maximum Gasteiger partial charge on any atom is 0.205 e. The van der Waals surface area contributed by atoms with Crippen LogP contribution in [0.5, 0.6) is 0 Å². The highest BCUT2D eigenvalue weighted by molar-refractivity contribution is 7.92. The van der Waals surface area contributed by atoms with Crippen molar-refractivity contribution < 1.29 is 17.5 Å². The van der Waals surface area contributed by atoms with E-state index in [1.165, 1.54) is 30.3 Å². The molecule has 2 aromatic rings. The summed E-state index contributed by atoms with van der Waals surface area (Å²) in [6.45, 7) is 1.87. The first-order valence-corrected chi connectivity index (χ1v) is 8.74. The summed E-state index contributed by atoms with van der Waals surface area (Å²) in [7, 11) is -3.75. The first-order chi connectivity index (χ1) is 10.9.